The van der Waals surface area contributed by atoms with Crippen LogP contribution >= 0.6 is 0 Å². The molecule has 0 saturated heterocycles. The maximum absolute atomic E-state index is 9.44. The van der Waals surface area contributed by atoms with Crippen LogP contribution < -0.4 is 0 Å². The molecule has 2 nitrogen and oxygen atoms in total. The van der Waals surface area contributed by atoms with Crippen LogP contribution in [-0.4, -0.2) is 16.8 Å². The van der Waals surface area contributed by atoms with Crippen molar-refractivity contribution < 1.29 is 10.2 Å². The Kier molecular flexibility index (Phi) is 3.32. The van der Waals surface area contributed by atoms with Crippen molar-refractivity contribution in [2.45, 2.75) is 26.2 Å². The number of hydrogen-bond donors (Lipinski definition) is 2. The zero-order chi connectivity index (χ0) is 9.84. The third-order valence-electron chi connectivity index (χ3n) is 2.15. The van der Waals surface area contributed by atoms with E-state index in [1.807, 2.05) is 12.1 Å². The number of aromatic hydroxyl groups is 1. The minimum Gasteiger partial charge on any atom is -0.508 e. The SMILES string of the molecule is CC(C)c1ccc(O)c(CCO)c1. The molecule has 0 atom stereocenters. The van der Waals surface area contributed by atoms with Crippen LogP contribution in [0.4, 0.5) is 0 Å². The van der Waals surface area contributed by atoms with E-state index in [4.69, 9.17) is 5.11 Å². The lowest BCUT2D eigenvalue weighted by molar-refractivity contribution is 0.297. The topological polar surface area (TPSA) is 40.5 Å². The summed E-state index contributed by atoms with van der Waals surface area (Å²) in [6, 6.07) is 5.57. The molecule has 0 saturated carbocycles. The van der Waals surface area contributed by atoms with Gasteiger partial charge in [0.05, 0.1) is 0 Å². The molecule has 1 aromatic carbocycles. The van der Waals surface area contributed by atoms with Crippen LogP contribution in [0.1, 0.15) is 30.9 Å². The minimum atomic E-state index is 0.0785. The number of benzene rings is 1. The van der Waals surface area contributed by atoms with Crippen molar-refractivity contribution in [3.63, 3.8) is 0 Å². The number of phenolic OH excluding ortho intramolecular Hbond substituents is 1. The first kappa shape index (κ1) is 10.1. The van der Waals surface area contributed by atoms with Gasteiger partial charge in [0.15, 0.2) is 0 Å². The standard InChI is InChI=1S/C11H16O2/c1-8(2)9-3-4-11(13)10(7-9)5-6-12/h3-4,7-8,12-13H,5-6H2,1-2H3. The molecule has 0 aliphatic rings. The van der Waals surface area contributed by atoms with Crippen molar-refractivity contribution in [2.75, 3.05) is 6.61 Å². The Labute approximate surface area is 78.8 Å². The van der Waals surface area contributed by atoms with Crippen LogP contribution in [-0.2, 0) is 6.42 Å². The first-order valence-electron chi connectivity index (χ1n) is 4.57. The number of hydrogen-bond acceptors (Lipinski definition) is 2. The number of aliphatic hydroxyl groups excluding tert-OH is 1. The molecule has 0 amide bonds. The first-order valence-corrected chi connectivity index (χ1v) is 4.57. The molecule has 13 heavy (non-hydrogen) atoms. The Morgan fingerprint density at radius 2 is 2.00 bits per heavy atom. The van der Waals surface area contributed by atoms with Gasteiger partial charge < -0.3 is 10.2 Å². The van der Waals surface area contributed by atoms with Crippen LogP contribution in [0.15, 0.2) is 18.2 Å². The van der Waals surface area contributed by atoms with Gasteiger partial charge in [0.2, 0.25) is 0 Å². The molecule has 1 aromatic rings. The third kappa shape index (κ3) is 2.46. The average molecular weight is 180 g/mol. The van der Waals surface area contributed by atoms with E-state index in [2.05, 4.69) is 13.8 Å². The van der Waals surface area contributed by atoms with Crippen LogP contribution in [0.2, 0.25) is 0 Å². The highest BCUT2D eigenvalue weighted by atomic mass is 16.3. The summed E-state index contributed by atoms with van der Waals surface area (Å²) in [7, 11) is 0. The summed E-state index contributed by atoms with van der Waals surface area (Å²) in [6.45, 7) is 4.29. The molecule has 72 valence electrons. The monoisotopic (exact) mass is 180 g/mol. The van der Waals surface area contributed by atoms with Gasteiger partial charge in [-0.15, -0.1) is 0 Å². The smallest absolute Gasteiger partial charge is 0.118 e. The normalized spacial score (nSPS) is 10.8. The molecule has 1 rings (SSSR count). The molecule has 0 aliphatic carbocycles. The summed E-state index contributed by atoms with van der Waals surface area (Å²) in [6.07, 6.45) is 0.520. The Bertz CT molecular complexity index is 279. The van der Waals surface area contributed by atoms with Crippen LogP contribution in [0.3, 0.4) is 0 Å². The van der Waals surface area contributed by atoms with Crippen molar-refractivity contribution in [3.8, 4) is 5.75 Å². The van der Waals surface area contributed by atoms with Gasteiger partial charge in [-0.1, -0.05) is 26.0 Å². The fourth-order valence-electron chi connectivity index (χ4n) is 1.29. The molecule has 0 fully saturated rings. The molecular formula is C11H16O2. The van der Waals surface area contributed by atoms with E-state index in [0.717, 1.165) is 5.56 Å². The van der Waals surface area contributed by atoms with E-state index in [1.54, 1.807) is 6.07 Å². The lowest BCUT2D eigenvalue weighted by Gasteiger charge is -2.09. The number of rotatable bonds is 3. The first-order chi connectivity index (χ1) is 6.15. The lowest BCUT2D eigenvalue weighted by Crippen LogP contribution is -1.94. The molecular weight excluding hydrogens is 164 g/mol. The zero-order valence-electron chi connectivity index (χ0n) is 8.12. The molecule has 0 radical (unpaired) electrons. The molecule has 0 aliphatic heterocycles. The second-order valence-corrected chi connectivity index (χ2v) is 3.52. The predicted molar refractivity (Wildman–Crippen MR) is 53.0 cm³/mol. The summed E-state index contributed by atoms with van der Waals surface area (Å²) in [5, 5.41) is 18.2. The highest BCUT2D eigenvalue weighted by molar-refractivity contribution is 5.37. The van der Waals surface area contributed by atoms with E-state index in [0.29, 0.717) is 12.3 Å². The van der Waals surface area contributed by atoms with Gasteiger partial charge in [-0.25, -0.2) is 0 Å². The average Bonchev–Trinajstić information content (AvgIpc) is 2.08. The largest absolute Gasteiger partial charge is 0.508 e. The Morgan fingerprint density at radius 1 is 1.31 bits per heavy atom. The molecule has 2 heteroatoms. The van der Waals surface area contributed by atoms with Crippen molar-refractivity contribution in [3.05, 3.63) is 29.3 Å². The third-order valence-corrected chi connectivity index (χ3v) is 2.15. The maximum Gasteiger partial charge on any atom is 0.118 e. The van der Waals surface area contributed by atoms with Gasteiger partial charge in [0.25, 0.3) is 0 Å². The van der Waals surface area contributed by atoms with Crippen LogP contribution in [0.5, 0.6) is 5.75 Å². The molecule has 0 spiro atoms. The molecule has 0 bridgehead atoms. The van der Waals surface area contributed by atoms with Gasteiger partial charge in [0.1, 0.15) is 5.75 Å². The fraction of sp³-hybridized carbons (Fsp3) is 0.455. The lowest BCUT2D eigenvalue weighted by atomic mass is 9.99. The second kappa shape index (κ2) is 4.28. The van der Waals surface area contributed by atoms with E-state index >= 15 is 0 Å². The van der Waals surface area contributed by atoms with Gasteiger partial charge in [0, 0.05) is 6.61 Å². The number of aliphatic hydroxyl groups is 1. The summed E-state index contributed by atoms with van der Waals surface area (Å²) >= 11 is 0. The van der Waals surface area contributed by atoms with E-state index in [1.165, 1.54) is 5.56 Å². The van der Waals surface area contributed by atoms with E-state index in [-0.39, 0.29) is 12.4 Å². The summed E-state index contributed by atoms with van der Waals surface area (Å²) in [5.74, 6) is 0.733. The summed E-state index contributed by atoms with van der Waals surface area (Å²) < 4.78 is 0. The van der Waals surface area contributed by atoms with Crippen LogP contribution in [0, 0.1) is 0 Å². The Morgan fingerprint density at radius 3 is 2.54 bits per heavy atom. The molecule has 0 heterocycles. The van der Waals surface area contributed by atoms with Gasteiger partial charge >= 0.3 is 0 Å². The summed E-state index contributed by atoms with van der Waals surface area (Å²) in [5.41, 5.74) is 2.02. The van der Waals surface area contributed by atoms with Crippen LogP contribution in [0.25, 0.3) is 0 Å². The molecule has 0 aromatic heterocycles. The Hall–Kier alpha value is -1.02. The molecule has 2 N–H and O–H groups in total. The van der Waals surface area contributed by atoms with Gasteiger partial charge in [-0.3, -0.25) is 0 Å². The van der Waals surface area contributed by atoms with Crippen molar-refractivity contribution in [1.29, 1.82) is 0 Å². The Balaban J connectivity index is 2.97. The zero-order valence-corrected chi connectivity index (χ0v) is 8.12. The highest BCUT2D eigenvalue weighted by Crippen LogP contribution is 2.23. The van der Waals surface area contributed by atoms with Gasteiger partial charge in [-0.05, 0) is 29.5 Å². The highest BCUT2D eigenvalue weighted by Gasteiger charge is 2.04. The fourth-order valence-corrected chi connectivity index (χ4v) is 1.29. The predicted octanol–water partition coefficient (Wildman–Crippen LogP) is 2.05. The number of phenols is 1. The quantitative estimate of drug-likeness (QED) is 0.747. The van der Waals surface area contributed by atoms with Crippen molar-refractivity contribution in [1.82, 2.24) is 0 Å². The maximum atomic E-state index is 9.44. The summed E-state index contributed by atoms with van der Waals surface area (Å²) in [4.78, 5) is 0. The van der Waals surface area contributed by atoms with E-state index in [9.17, 15) is 5.11 Å². The molecule has 0 unspecified atom stereocenters. The second-order valence-electron chi connectivity index (χ2n) is 3.52. The minimum absolute atomic E-state index is 0.0785. The van der Waals surface area contributed by atoms with Crippen molar-refractivity contribution >= 4 is 0 Å². The van der Waals surface area contributed by atoms with E-state index < -0.39 is 0 Å². The van der Waals surface area contributed by atoms with Crippen molar-refractivity contribution in [2.24, 2.45) is 0 Å². The van der Waals surface area contributed by atoms with Gasteiger partial charge in [-0.2, -0.15) is 0 Å².